The maximum absolute atomic E-state index is 2.48. The Hall–Kier alpha value is -4.42. The summed E-state index contributed by atoms with van der Waals surface area (Å²) in [5.41, 5.74) is 15.6. The third-order valence-corrected chi connectivity index (χ3v) is 9.34. The van der Waals surface area contributed by atoms with Gasteiger partial charge in [-0.05, 0) is 90.5 Å². The minimum Gasteiger partial charge on any atom is -0.0830 e. The topological polar surface area (TPSA) is 0 Å². The number of fused-ring (bicyclic) bond motifs is 10. The summed E-state index contributed by atoms with van der Waals surface area (Å²) in [5, 5.41) is 2.70. The fourth-order valence-electron chi connectivity index (χ4n) is 7.67. The Bertz CT molecular complexity index is 1910. The summed E-state index contributed by atoms with van der Waals surface area (Å²) in [6, 6.07) is 34.3. The van der Waals surface area contributed by atoms with Crippen molar-refractivity contribution in [1.82, 2.24) is 0 Å². The maximum Gasteiger partial charge on any atom is 0.0143 e. The number of allylic oxidation sites excluding steroid dienone is 3. The summed E-state index contributed by atoms with van der Waals surface area (Å²) >= 11 is 0. The van der Waals surface area contributed by atoms with Crippen molar-refractivity contribution in [3.8, 4) is 22.3 Å². The first-order chi connectivity index (χ1) is 18.8. The van der Waals surface area contributed by atoms with Crippen LogP contribution in [0.4, 0.5) is 0 Å². The number of rotatable bonds is 1. The van der Waals surface area contributed by atoms with E-state index >= 15 is 0 Å². The molecule has 0 bridgehead atoms. The van der Waals surface area contributed by atoms with E-state index in [-0.39, 0.29) is 0 Å². The average Bonchev–Trinajstić information content (AvgIpc) is 3.31. The predicted molar refractivity (Wildman–Crippen MR) is 160 cm³/mol. The zero-order valence-electron chi connectivity index (χ0n) is 21.1. The summed E-state index contributed by atoms with van der Waals surface area (Å²) in [6.07, 6.45) is 15.3. The monoisotopic (exact) mass is 482 g/mol. The molecule has 0 saturated carbocycles. The zero-order chi connectivity index (χ0) is 24.8. The molecule has 5 aromatic rings. The molecule has 0 heterocycles. The normalized spacial score (nSPS) is 21.0. The molecule has 4 aliphatic carbocycles. The molecule has 9 rings (SSSR count). The van der Waals surface area contributed by atoms with Gasteiger partial charge in [0, 0.05) is 17.8 Å². The van der Waals surface area contributed by atoms with Crippen LogP contribution in [0.5, 0.6) is 0 Å². The highest BCUT2D eigenvalue weighted by Gasteiger charge is 2.35. The number of hydrogen-bond donors (Lipinski definition) is 0. The van der Waals surface area contributed by atoms with Gasteiger partial charge in [-0.1, -0.05) is 115 Å². The van der Waals surface area contributed by atoms with Crippen LogP contribution >= 0.6 is 0 Å². The van der Waals surface area contributed by atoms with Gasteiger partial charge in [0.2, 0.25) is 0 Å². The van der Waals surface area contributed by atoms with Gasteiger partial charge in [0.15, 0.2) is 0 Å². The van der Waals surface area contributed by atoms with Gasteiger partial charge >= 0.3 is 0 Å². The fraction of sp³-hybridized carbons (Fsp3) is 0.105. The van der Waals surface area contributed by atoms with Gasteiger partial charge in [-0.25, -0.2) is 0 Å². The largest absolute Gasteiger partial charge is 0.0830 e. The Balaban J connectivity index is 1.24. The van der Waals surface area contributed by atoms with Crippen molar-refractivity contribution >= 4 is 29.0 Å². The molecule has 0 fully saturated rings. The van der Waals surface area contributed by atoms with Crippen molar-refractivity contribution < 1.29 is 0 Å². The number of benzene rings is 5. The van der Waals surface area contributed by atoms with E-state index in [1.165, 1.54) is 72.0 Å². The van der Waals surface area contributed by atoms with E-state index in [0.29, 0.717) is 17.8 Å². The van der Waals surface area contributed by atoms with Crippen LogP contribution in [0.25, 0.3) is 51.3 Å². The lowest BCUT2D eigenvalue weighted by Crippen LogP contribution is -2.16. The lowest BCUT2D eigenvalue weighted by Gasteiger charge is -2.32. The van der Waals surface area contributed by atoms with Gasteiger partial charge in [0.05, 0.1) is 0 Å². The molecular weight excluding hydrogens is 456 g/mol. The molecular formula is C38H26. The van der Waals surface area contributed by atoms with Crippen molar-refractivity contribution in [1.29, 1.82) is 0 Å². The lowest BCUT2D eigenvalue weighted by atomic mass is 9.71. The van der Waals surface area contributed by atoms with Crippen LogP contribution in [0.1, 0.15) is 63.1 Å². The smallest absolute Gasteiger partial charge is 0.0143 e. The van der Waals surface area contributed by atoms with E-state index in [9.17, 15) is 0 Å². The molecule has 0 aliphatic heterocycles. The first kappa shape index (κ1) is 20.6. The van der Waals surface area contributed by atoms with Gasteiger partial charge in [-0.2, -0.15) is 0 Å². The van der Waals surface area contributed by atoms with Crippen LogP contribution < -0.4 is 0 Å². The molecule has 38 heavy (non-hydrogen) atoms. The summed E-state index contributed by atoms with van der Waals surface area (Å²) in [6.45, 7) is 0. The average molecular weight is 483 g/mol. The highest BCUT2D eigenvalue weighted by molar-refractivity contribution is 6.03. The van der Waals surface area contributed by atoms with Gasteiger partial charge in [-0.3, -0.25) is 0 Å². The standard InChI is InChI=1S/C38H26/c1-3-9-27-23(7-1)17-20-31-30(27)19-18-24-15-16-26(21-35(24)31)29-11-5-13-33-34-14-6-12-32-28-10-4-2-8-25(28)22-36(37(29)33)38(32)34/h1-13,15-22,30-31,34H,14H2. The van der Waals surface area contributed by atoms with E-state index < -0.39 is 0 Å². The molecule has 0 aromatic heterocycles. The summed E-state index contributed by atoms with van der Waals surface area (Å²) in [7, 11) is 0. The van der Waals surface area contributed by atoms with E-state index in [1.807, 2.05) is 0 Å². The van der Waals surface area contributed by atoms with Crippen molar-refractivity contribution in [3.63, 3.8) is 0 Å². The van der Waals surface area contributed by atoms with Crippen molar-refractivity contribution in [2.45, 2.75) is 24.2 Å². The third kappa shape index (κ3) is 2.70. The van der Waals surface area contributed by atoms with Crippen molar-refractivity contribution in [2.24, 2.45) is 0 Å². The second-order valence-corrected chi connectivity index (χ2v) is 11.2. The quantitative estimate of drug-likeness (QED) is 0.223. The molecule has 0 N–H and O–H groups in total. The molecule has 3 unspecified atom stereocenters. The Morgan fingerprint density at radius 1 is 0.579 bits per heavy atom. The van der Waals surface area contributed by atoms with Crippen LogP contribution in [0.2, 0.25) is 0 Å². The highest BCUT2D eigenvalue weighted by atomic mass is 14.4. The second-order valence-electron chi connectivity index (χ2n) is 11.2. The Morgan fingerprint density at radius 3 is 2.32 bits per heavy atom. The minimum absolute atomic E-state index is 0.378. The molecule has 0 radical (unpaired) electrons. The van der Waals surface area contributed by atoms with E-state index in [4.69, 9.17) is 0 Å². The molecule has 0 heteroatoms. The Labute approximate surface area is 223 Å². The Kier molecular flexibility index (Phi) is 4.10. The van der Waals surface area contributed by atoms with Crippen molar-refractivity contribution in [3.05, 3.63) is 148 Å². The molecule has 5 aromatic carbocycles. The molecule has 178 valence electrons. The summed E-state index contributed by atoms with van der Waals surface area (Å²) in [4.78, 5) is 0. The Morgan fingerprint density at radius 2 is 1.37 bits per heavy atom. The summed E-state index contributed by atoms with van der Waals surface area (Å²) in [5.74, 6) is 1.23. The first-order valence-electron chi connectivity index (χ1n) is 13.8. The van der Waals surface area contributed by atoms with Crippen molar-refractivity contribution in [2.75, 3.05) is 0 Å². The first-order valence-corrected chi connectivity index (χ1v) is 13.8. The van der Waals surface area contributed by atoms with Gasteiger partial charge in [0.25, 0.3) is 0 Å². The van der Waals surface area contributed by atoms with Crippen LogP contribution in [0.3, 0.4) is 0 Å². The van der Waals surface area contributed by atoms with E-state index in [2.05, 4.69) is 127 Å². The zero-order valence-corrected chi connectivity index (χ0v) is 21.1. The molecule has 0 nitrogen and oxygen atoms in total. The third-order valence-electron chi connectivity index (χ3n) is 9.34. The molecule has 3 atom stereocenters. The van der Waals surface area contributed by atoms with E-state index in [0.717, 1.165) is 6.42 Å². The number of hydrogen-bond acceptors (Lipinski definition) is 0. The van der Waals surface area contributed by atoms with Gasteiger partial charge in [-0.15, -0.1) is 0 Å². The second kappa shape index (κ2) is 7.55. The van der Waals surface area contributed by atoms with Gasteiger partial charge in [0.1, 0.15) is 0 Å². The fourth-order valence-corrected chi connectivity index (χ4v) is 7.67. The molecule has 0 spiro atoms. The van der Waals surface area contributed by atoms with Crippen LogP contribution in [0.15, 0.2) is 109 Å². The minimum atomic E-state index is 0.378. The van der Waals surface area contributed by atoms with Gasteiger partial charge < -0.3 is 0 Å². The maximum atomic E-state index is 2.48. The molecule has 4 aliphatic rings. The van der Waals surface area contributed by atoms with E-state index in [1.54, 1.807) is 0 Å². The van der Waals surface area contributed by atoms with Crippen LogP contribution in [-0.2, 0) is 0 Å². The SMILES string of the molecule is C1=Cc2c3c(cc4ccccc24)-c2c(-c4ccc5c(c4)C4C=Cc6ccccc6C4C=C5)cccc2C3C1. The van der Waals surface area contributed by atoms with Crippen LogP contribution in [0, 0.1) is 0 Å². The highest BCUT2D eigenvalue weighted by Crippen LogP contribution is 2.55. The molecule has 0 amide bonds. The lowest BCUT2D eigenvalue weighted by molar-refractivity contribution is 0.722. The summed E-state index contributed by atoms with van der Waals surface area (Å²) < 4.78 is 0. The predicted octanol–water partition coefficient (Wildman–Crippen LogP) is 9.96. The van der Waals surface area contributed by atoms with Crippen LogP contribution in [-0.4, -0.2) is 0 Å². The molecule has 0 saturated heterocycles.